The van der Waals surface area contributed by atoms with Gasteiger partial charge >= 0.3 is 0 Å². The molecule has 166 valence electrons. The quantitative estimate of drug-likeness (QED) is 0.460. The Hall–Kier alpha value is -1.23. The second kappa shape index (κ2) is 8.61. The molecule has 2 aromatic rings. The Morgan fingerprint density at radius 1 is 0.774 bits per heavy atom. The van der Waals surface area contributed by atoms with Crippen LogP contribution in [0.3, 0.4) is 0 Å². The zero-order chi connectivity index (χ0) is 23.3. The average molecular weight is 500 g/mol. The summed E-state index contributed by atoms with van der Waals surface area (Å²) in [6, 6.07) is 10.9. The summed E-state index contributed by atoms with van der Waals surface area (Å²) in [6.07, 6.45) is -0.340. The normalized spacial score (nSPS) is 17.7. The Morgan fingerprint density at radius 2 is 1.19 bits per heavy atom. The molecule has 2 aromatic carbocycles. The predicted molar refractivity (Wildman–Crippen MR) is 131 cm³/mol. The Labute approximate surface area is 204 Å². The van der Waals surface area contributed by atoms with Crippen LogP contribution in [0.1, 0.15) is 52.7 Å². The topological polar surface area (TPSA) is 32.3 Å². The van der Waals surface area contributed by atoms with Crippen LogP contribution in [-0.4, -0.2) is 17.0 Å². The smallest absolute Gasteiger partial charge is 0.251 e. The lowest BCUT2D eigenvalue weighted by atomic mass is 9.90. The summed E-state index contributed by atoms with van der Waals surface area (Å²) in [6.45, 7) is 11.9. The number of nitrogens with one attached hydrogen (secondary N) is 1. The van der Waals surface area contributed by atoms with Crippen molar-refractivity contribution >= 4 is 52.3 Å². The highest BCUT2D eigenvalue weighted by Gasteiger charge is 2.46. The molecule has 3 rings (SSSR count). The van der Waals surface area contributed by atoms with Gasteiger partial charge in [0.15, 0.2) is 0 Å². The number of carbonyl (C=O) groups is 1. The van der Waals surface area contributed by atoms with Gasteiger partial charge < -0.3 is 4.90 Å². The Balaban J connectivity index is 2.05. The average Bonchev–Trinajstić information content (AvgIpc) is 2.84. The van der Waals surface area contributed by atoms with Crippen molar-refractivity contribution in [1.29, 1.82) is 0 Å². The third kappa shape index (κ3) is 4.77. The predicted octanol–water partition coefficient (Wildman–Crippen LogP) is 7.56. The van der Waals surface area contributed by atoms with Crippen LogP contribution in [0.15, 0.2) is 47.5 Å². The van der Waals surface area contributed by atoms with Gasteiger partial charge in [-0.2, -0.15) is 0 Å². The highest BCUT2D eigenvalue weighted by Crippen LogP contribution is 2.40. The highest BCUT2D eigenvalue weighted by molar-refractivity contribution is 6.35. The molecule has 0 saturated carbocycles. The summed E-state index contributed by atoms with van der Waals surface area (Å²) in [7, 11) is 0. The van der Waals surface area contributed by atoms with E-state index in [0.29, 0.717) is 20.1 Å². The molecule has 0 saturated heterocycles. The number of hydrogen-bond acceptors (Lipinski definition) is 2. The first-order valence-electron chi connectivity index (χ1n) is 9.96. The van der Waals surface area contributed by atoms with Crippen molar-refractivity contribution < 1.29 is 4.79 Å². The fourth-order valence-electron chi connectivity index (χ4n) is 4.00. The molecule has 1 heterocycles. The number of rotatable bonds is 5. The van der Waals surface area contributed by atoms with Crippen LogP contribution in [0.5, 0.6) is 0 Å². The molecule has 1 atom stereocenters. The molecule has 1 amide bonds. The van der Waals surface area contributed by atoms with Crippen LogP contribution in [-0.2, 0) is 15.9 Å². The second-order valence-electron chi connectivity index (χ2n) is 9.03. The number of carbonyl (C=O) groups excluding carboxylic acids is 1. The first-order chi connectivity index (χ1) is 14.2. The van der Waals surface area contributed by atoms with Gasteiger partial charge in [-0.15, -0.1) is 0 Å². The second-order valence-corrected chi connectivity index (χ2v) is 10.8. The number of hydrogen-bond donors (Lipinski definition) is 1. The molecule has 0 spiro atoms. The molecular weight excluding hydrogens is 474 g/mol. The van der Waals surface area contributed by atoms with E-state index in [0.717, 1.165) is 22.3 Å². The molecule has 1 aliphatic heterocycles. The molecule has 7 heteroatoms. The van der Waals surface area contributed by atoms with Crippen molar-refractivity contribution in [3.63, 3.8) is 0 Å². The van der Waals surface area contributed by atoms with Gasteiger partial charge in [-0.25, -0.2) is 0 Å². The zero-order valence-corrected chi connectivity index (χ0v) is 21.4. The zero-order valence-electron chi connectivity index (χ0n) is 18.4. The van der Waals surface area contributed by atoms with Gasteiger partial charge in [-0.05, 0) is 94.6 Å². The van der Waals surface area contributed by atoms with Crippen LogP contribution < -0.4 is 5.32 Å². The van der Waals surface area contributed by atoms with Gasteiger partial charge in [-0.1, -0.05) is 46.4 Å². The fourth-order valence-corrected chi connectivity index (χ4v) is 5.05. The lowest BCUT2D eigenvalue weighted by Crippen LogP contribution is -2.57. The maximum atomic E-state index is 13.4. The van der Waals surface area contributed by atoms with Crippen molar-refractivity contribution in [3.05, 3.63) is 78.8 Å². The molecule has 0 aliphatic carbocycles. The van der Waals surface area contributed by atoms with Crippen LogP contribution in [0.25, 0.3) is 0 Å². The highest BCUT2D eigenvalue weighted by atomic mass is 35.5. The van der Waals surface area contributed by atoms with E-state index < -0.39 is 11.1 Å². The molecule has 1 N–H and O–H groups in total. The monoisotopic (exact) mass is 498 g/mol. The maximum absolute atomic E-state index is 13.4. The molecule has 0 fully saturated rings. The van der Waals surface area contributed by atoms with Crippen LogP contribution >= 0.6 is 46.4 Å². The minimum atomic E-state index is -0.676. The number of amides is 1. The van der Waals surface area contributed by atoms with E-state index in [4.69, 9.17) is 46.4 Å². The first-order valence-corrected chi connectivity index (χ1v) is 11.5. The van der Waals surface area contributed by atoms with E-state index in [-0.39, 0.29) is 12.1 Å². The van der Waals surface area contributed by atoms with Crippen LogP contribution in [0.4, 0.5) is 0 Å². The van der Waals surface area contributed by atoms with Gasteiger partial charge in [-0.3, -0.25) is 10.1 Å². The number of halogens is 4. The number of benzene rings is 2. The third-order valence-corrected chi connectivity index (χ3v) is 6.93. The number of nitrogens with zero attached hydrogens (tertiary/aromatic N) is 1. The van der Waals surface area contributed by atoms with E-state index >= 15 is 0 Å². The van der Waals surface area contributed by atoms with E-state index in [1.165, 1.54) is 0 Å². The van der Waals surface area contributed by atoms with Gasteiger partial charge in [0, 0.05) is 31.2 Å². The lowest BCUT2D eigenvalue weighted by Gasteiger charge is -2.44. The fraction of sp³-hybridized carbons (Fsp3) is 0.375. The Morgan fingerprint density at radius 3 is 1.65 bits per heavy atom. The standard InChI is InChI=1S/C24H26Cl4N2O/c1-13-14(2)22(31)30(24(5,6)16-9-19(27)12-20(28)10-16)21(13)29-23(3,4)15-7-17(25)11-18(26)8-15/h7-12,21,29H,1-6H3. The maximum Gasteiger partial charge on any atom is 0.251 e. The van der Waals surface area contributed by atoms with E-state index in [1.807, 2.05) is 70.7 Å². The summed E-state index contributed by atoms with van der Waals surface area (Å²) >= 11 is 25.0. The Bertz CT molecular complexity index is 1030. The van der Waals surface area contributed by atoms with E-state index in [2.05, 4.69) is 5.32 Å². The van der Waals surface area contributed by atoms with Crippen LogP contribution in [0.2, 0.25) is 20.1 Å². The van der Waals surface area contributed by atoms with Gasteiger partial charge in [0.05, 0.1) is 5.54 Å². The largest absolute Gasteiger partial charge is 0.310 e. The van der Waals surface area contributed by atoms with Crippen molar-refractivity contribution in [2.24, 2.45) is 0 Å². The molecular formula is C24H26Cl4N2O. The summed E-state index contributed by atoms with van der Waals surface area (Å²) in [4.78, 5) is 15.2. The van der Waals surface area contributed by atoms with E-state index in [1.54, 1.807) is 12.1 Å². The van der Waals surface area contributed by atoms with Crippen molar-refractivity contribution in [2.75, 3.05) is 0 Å². The summed E-state index contributed by atoms with van der Waals surface area (Å²) in [5.74, 6) is -0.0315. The molecule has 1 aliphatic rings. The molecule has 0 bridgehead atoms. The van der Waals surface area contributed by atoms with Crippen molar-refractivity contribution in [2.45, 2.75) is 58.8 Å². The lowest BCUT2D eigenvalue weighted by molar-refractivity contribution is -0.134. The Kier molecular flexibility index (Phi) is 6.78. The van der Waals surface area contributed by atoms with Crippen molar-refractivity contribution in [1.82, 2.24) is 10.2 Å². The summed E-state index contributed by atoms with van der Waals surface area (Å²) < 4.78 is 0. The molecule has 0 aromatic heterocycles. The van der Waals surface area contributed by atoms with Gasteiger partial charge in [0.1, 0.15) is 6.17 Å². The summed E-state index contributed by atoms with van der Waals surface area (Å²) in [5.41, 5.74) is 2.27. The summed E-state index contributed by atoms with van der Waals surface area (Å²) in [5, 5.41) is 5.84. The van der Waals surface area contributed by atoms with Gasteiger partial charge in [0.25, 0.3) is 5.91 Å². The van der Waals surface area contributed by atoms with Crippen molar-refractivity contribution in [3.8, 4) is 0 Å². The molecule has 31 heavy (non-hydrogen) atoms. The first kappa shape index (κ1) is 24.4. The molecule has 3 nitrogen and oxygen atoms in total. The minimum Gasteiger partial charge on any atom is -0.310 e. The van der Waals surface area contributed by atoms with Gasteiger partial charge in [0.2, 0.25) is 0 Å². The minimum absolute atomic E-state index is 0.0315. The van der Waals surface area contributed by atoms with E-state index in [9.17, 15) is 4.79 Å². The molecule has 0 radical (unpaired) electrons. The molecule has 1 unspecified atom stereocenters. The third-order valence-electron chi connectivity index (χ3n) is 6.05. The van der Waals surface area contributed by atoms with Crippen LogP contribution in [0, 0.1) is 0 Å². The SMILES string of the molecule is CC1=C(C)C(NC(C)(C)c2cc(Cl)cc(Cl)c2)N(C(C)(C)c2cc(Cl)cc(Cl)c2)C1=O.